The summed E-state index contributed by atoms with van der Waals surface area (Å²) in [5.41, 5.74) is 1.29. The van der Waals surface area contributed by atoms with Crippen molar-refractivity contribution in [1.29, 1.82) is 0 Å². The third-order valence-corrected chi connectivity index (χ3v) is 3.94. The number of carbonyl (C=O) groups excluding carboxylic acids is 1. The number of hydrogen-bond acceptors (Lipinski definition) is 3. The van der Waals surface area contributed by atoms with Gasteiger partial charge in [-0.05, 0) is 29.5 Å². The summed E-state index contributed by atoms with van der Waals surface area (Å²) in [6.07, 6.45) is 4.93. The lowest BCUT2D eigenvalue weighted by Crippen LogP contribution is -2.58. The number of aromatic nitrogens is 1. The van der Waals surface area contributed by atoms with Gasteiger partial charge in [-0.2, -0.15) is 0 Å². The molecule has 20 heavy (non-hydrogen) atoms. The quantitative estimate of drug-likeness (QED) is 0.916. The summed E-state index contributed by atoms with van der Waals surface area (Å²) < 4.78 is 0. The van der Waals surface area contributed by atoms with Crippen LogP contribution in [0.1, 0.15) is 32.8 Å². The van der Waals surface area contributed by atoms with Gasteiger partial charge in [0.15, 0.2) is 0 Å². The zero-order valence-electron chi connectivity index (χ0n) is 12.7. The van der Waals surface area contributed by atoms with E-state index in [4.69, 9.17) is 0 Å². The summed E-state index contributed by atoms with van der Waals surface area (Å²) in [6.45, 7) is 9.21. The van der Waals surface area contributed by atoms with E-state index in [1.807, 2.05) is 12.1 Å². The molecule has 1 aromatic heterocycles. The minimum Gasteiger partial charge on any atom is -0.337 e. The second-order valence-electron chi connectivity index (χ2n) is 6.53. The van der Waals surface area contributed by atoms with Gasteiger partial charge in [-0.3, -0.25) is 9.78 Å². The Kier molecular flexibility index (Phi) is 4.76. The molecule has 1 aliphatic heterocycles. The third-order valence-electron chi connectivity index (χ3n) is 3.94. The second kappa shape index (κ2) is 6.35. The van der Waals surface area contributed by atoms with Gasteiger partial charge < -0.3 is 10.2 Å². The Balaban J connectivity index is 1.96. The molecule has 4 nitrogen and oxygen atoms in total. The molecule has 1 fully saturated rings. The fourth-order valence-electron chi connectivity index (χ4n) is 2.72. The Hall–Kier alpha value is -1.42. The van der Waals surface area contributed by atoms with E-state index in [1.165, 1.54) is 5.56 Å². The molecule has 0 spiro atoms. The van der Waals surface area contributed by atoms with Crippen LogP contribution in [-0.2, 0) is 11.2 Å². The van der Waals surface area contributed by atoms with Gasteiger partial charge in [-0.15, -0.1) is 0 Å². The highest BCUT2D eigenvalue weighted by molar-refractivity contribution is 5.77. The molecule has 0 aromatic carbocycles. The molecule has 2 rings (SSSR count). The SMILES string of the molecule is CC(C)(C)C1CNCCN1C(=O)CCc1ccncc1. The number of amides is 1. The number of pyridine rings is 1. The molecule has 0 radical (unpaired) electrons. The lowest BCUT2D eigenvalue weighted by Gasteiger charge is -2.43. The van der Waals surface area contributed by atoms with Crippen molar-refractivity contribution in [3.05, 3.63) is 30.1 Å². The van der Waals surface area contributed by atoms with Gasteiger partial charge in [-0.1, -0.05) is 20.8 Å². The predicted molar refractivity (Wildman–Crippen MR) is 80.4 cm³/mol. The molecule has 2 heterocycles. The van der Waals surface area contributed by atoms with E-state index < -0.39 is 0 Å². The number of nitrogens with one attached hydrogen (secondary N) is 1. The maximum absolute atomic E-state index is 12.5. The van der Waals surface area contributed by atoms with Gasteiger partial charge >= 0.3 is 0 Å². The first kappa shape index (κ1) is 15.0. The lowest BCUT2D eigenvalue weighted by molar-refractivity contribution is -0.137. The van der Waals surface area contributed by atoms with Crippen molar-refractivity contribution in [2.24, 2.45) is 5.41 Å². The first-order valence-electron chi connectivity index (χ1n) is 7.37. The topological polar surface area (TPSA) is 45.2 Å². The van der Waals surface area contributed by atoms with Crippen LogP contribution in [0, 0.1) is 5.41 Å². The molecule has 1 aromatic rings. The van der Waals surface area contributed by atoms with Gasteiger partial charge in [0.2, 0.25) is 5.91 Å². The maximum atomic E-state index is 12.5. The van der Waals surface area contributed by atoms with Crippen molar-refractivity contribution in [2.45, 2.75) is 39.7 Å². The van der Waals surface area contributed by atoms with E-state index in [9.17, 15) is 4.79 Å². The molecule has 1 saturated heterocycles. The number of piperazine rings is 1. The monoisotopic (exact) mass is 275 g/mol. The van der Waals surface area contributed by atoms with Crippen LogP contribution in [0.2, 0.25) is 0 Å². The van der Waals surface area contributed by atoms with Crippen LogP contribution < -0.4 is 5.32 Å². The minimum absolute atomic E-state index is 0.111. The van der Waals surface area contributed by atoms with Crippen LogP contribution >= 0.6 is 0 Å². The summed E-state index contributed by atoms with van der Waals surface area (Å²) in [7, 11) is 0. The van der Waals surface area contributed by atoms with Crippen molar-refractivity contribution in [3.8, 4) is 0 Å². The van der Waals surface area contributed by atoms with E-state index >= 15 is 0 Å². The summed E-state index contributed by atoms with van der Waals surface area (Å²) >= 11 is 0. The van der Waals surface area contributed by atoms with Gasteiger partial charge in [0.05, 0.1) is 0 Å². The maximum Gasteiger partial charge on any atom is 0.223 e. The van der Waals surface area contributed by atoms with Gasteiger partial charge in [0.1, 0.15) is 0 Å². The van der Waals surface area contributed by atoms with Gasteiger partial charge in [-0.25, -0.2) is 0 Å². The second-order valence-corrected chi connectivity index (χ2v) is 6.53. The first-order valence-corrected chi connectivity index (χ1v) is 7.37. The highest BCUT2D eigenvalue weighted by Gasteiger charge is 2.34. The zero-order valence-corrected chi connectivity index (χ0v) is 12.7. The largest absolute Gasteiger partial charge is 0.337 e. The minimum atomic E-state index is 0.111. The van der Waals surface area contributed by atoms with Crippen LogP contribution in [0.3, 0.4) is 0 Å². The number of carbonyl (C=O) groups is 1. The molecular weight excluding hydrogens is 250 g/mol. The molecular formula is C16H25N3O. The normalized spacial score (nSPS) is 19.9. The molecule has 0 saturated carbocycles. The molecule has 0 aliphatic carbocycles. The fourth-order valence-corrected chi connectivity index (χ4v) is 2.72. The number of rotatable bonds is 3. The molecule has 0 bridgehead atoms. The Labute approximate surface area is 121 Å². The Morgan fingerprint density at radius 3 is 2.75 bits per heavy atom. The van der Waals surface area contributed by atoms with Crippen LogP contribution in [-0.4, -0.2) is 41.5 Å². The predicted octanol–water partition coefficient (Wildman–Crippen LogP) is 1.86. The molecule has 1 unspecified atom stereocenters. The highest BCUT2D eigenvalue weighted by Crippen LogP contribution is 2.26. The summed E-state index contributed by atoms with van der Waals surface area (Å²) in [4.78, 5) is 18.6. The average Bonchev–Trinajstić information content (AvgIpc) is 2.45. The van der Waals surface area contributed by atoms with Crippen LogP contribution in [0.4, 0.5) is 0 Å². The molecule has 1 aliphatic rings. The van der Waals surface area contributed by atoms with Crippen molar-refractivity contribution < 1.29 is 4.79 Å². The van der Waals surface area contributed by atoms with E-state index in [2.05, 4.69) is 36.0 Å². The molecule has 110 valence electrons. The van der Waals surface area contributed by atoms with Crippen LogP contribution in [0.15, 0.2) is 24.5 Å². The molecule has 1 N–H and O–H groups in total. The van der Waals surface area contributed by atoms with E-state index in [0.29, 0.717) is 6.42 Å². The van der Waals surface area contributed by atoms with Crippen LogP contribution in [0.25, 0.3) is 0 Å². The van der Waals surface area contributed by atoms with Crippen LogP contribution in [0.5, 0.6) is 0 Å². The van der Waals surface area contributed by atoms with Crippen molar-refractivity contribution in [2.75, 3.05) is 19.6 Å². The molecule has 1 amide bonds. The lowest BCUT2D eigenvalue weighted by atomic mass is 9.84. The molecule has 4 heteroatoms. The standard InChI is InChI=1S/C16H25N3O/c1-16(2,3)14-12-18-10-11-19(14)15(20)5-4-13-6-8-17-9-7-13/h6-9,14,18H,4-5,10-12H2,1-3H3. The Bertz CT molecular complexity index is 439. The number of nitrogens with zero attached hydrogens (tertiary/aromatic N) is 2. The van der Waals surface area contributed by atoms with E-state index in [1.54, 1.807) is 12.4 Å². The van der Waals surface area contributed by atoms with Crippen molar-refractivity contribution >= 4 is 5.91 Å². The fraction of sp³-hybridized carbons (Fsp3) is 0.625. The average molecular weight is 275 g/mol. The van der Waals surface area contributed by atoms with E-state index in [-0.39, 0.29) is 17.4 Å². The Morgan fingerprint density at radius 1 is 1.40 bits per heavy atom. The third kappa shape index (κ3) is 3.79. The summed E-state index contributed by atoms with van der Waals surface area (Å²) in [5, 5.41) is 3.40. The first-order chi connectivity index (χ1) is 9.48. The highest BCUT2D eigenvalue weighted by atomic mass is 16.2. The van der Waals surface area contributed by atoms with Crippen molar-refractivity contribution in [3.63, 3.8) is 0 Å². The van der Waals surface area contributed by atoms with Gasteiger partial charge in [0, 0.05) is 44.5 Å². The summed E-state index contributed by atoms with van der Waals surface area (Å²) in [5.74, 6) is 0.267. The number of hydrogen-bond donors (Lipinski definition) is 1. The Morgan fingerprint density at radius 2 is 2.10 bits per heavy atom. The zero-order chi connectivity index (χ0) is 14.6. The number of aryl methyl sites for hydroxylation is 1. The van der Waals surface area contributed by atoms with E-state index in [0.717, 1.165) is 26.1 Å². The smallest absolute Gasteiger partial charge is 0.223 e. The van der Waals surface area contributed by atoms with Gasteiger partial charge in [0.25, 0.3) is 0 Å². The summed E-state index contributed by atoms with van der Waals surface area (Å²) in [6, 6.07) is 4.24. The van der Waals surface area contributed by atoms with Crippen molar-refractivity contribution in [1.82, 2.24) is 15.2 Å². The molecule has 1 atom stereocenters.